The molecule has 2 aliphatic heterocycles. The number of aliphatic imine (C=N–C) groups is 1. The maximum absolute atomic E-state index is 13.1. The van der Waals surface area contributed by atoms with Crippen LogP contribution in [0, 0.1) is 12.3 Å². The van der Waals surface area contributed by atoms with E-state index in [1.807, 2.05) is 98.0 Å². The molecule has 1 N–H and O–H groups in total. The van der Waals surface area contributed by atoms with Gasteiger partial charge in [-0.3, -0.25) is 10.2 Å². The van der Waals surface area contributed by atoms with Crippen LogP contribution in [0.1, 0.15) is 11.1 Å². The zero-order valence-corrected chi connectivity index (χ0v) is 21.2. The molecule has 0 radical (unpaired) electrons. The molecular formula is C29H22N6O2S. The lowest BCUT2D eigenvalue weighted by atomic mass is 10.0. The van der Waals surface area contributed by atoms with Gasteiger partial charge in [0, 0.05) is 17.3 Å². The summed E-state index contributed by atoms with van der Waals surface area (Å²) in [6.45, 7) is 2.21. The van der Waals surface area contributed by atoms with E-state index in [0.717, 1.165) is 22.6 Å². The summed E-state index contributed by atoms with van der Waals surface area (Å²) in [6.07, 6.45) is 3.52. The SMILES string of the molecule is Cc1cccc(OCC2=NN3C(=N)/C(=C/c4cn(-c5ccccc5)nc4-c4ccccc4)C(=O)N=C3S2)c1. The fourth-order valence-electron chi connectivity index (χ4n) is 4.12. The van der Waals surface area contributed by atoms with Crippen molar-refractivity contribution in [3.63, 3.8) is 0 Å². The van der Waals surface area contributed by atoms with E-state index in [-0.39, 0.29) is 18.0 Å². The molecule has 0 saturated heterocycles. The predicted molar refractivity (Wildman–Crippen MR) is 151 cm³/mol. The van der Waals surface area contributed by atoms with Gasteiger partial charge in [-0.05, 0) is 54.6 Å². The first kappa shape index (κ1) is 23.6. The number of aromatic nitrogens is 2. The van der Waals surface area contributed by atoms with E-state index in [4.69, 9.17) is 15.2 Å². The molecule has 9 heteroatoms. The fraction of sp³-hybridized carbons (Fsp3) is 0.0690. The van der Waals surface area contributed by atoms with Crippen molar-refractivity contribution in [2.75, 3.05) is 6.61 Å². The maximum atomic E-state index is 13.1. The molecule has 2 aliphatic rings. The first-order valence-electron chi connectivity index (χ1n) is 11.9. The summed E-state index contributed by atoms with van der Waals surface area (Å²) < 4.78 is 7.63. The summed E-state index contributed by atoms with van der Waals surface area (Å²) in [5.74, 6) is 0.205. The summed E-state index contributed by atoms with van der Waals surface area (Å²) in [7, 11) is 0. The van der Waals surface area contributed by atoms with Crippen LogP contribution < -0.4 is 4.74 Å². The number of ether oxygens (including phenoxy) is 1. The highest BCUT2D eigenvalue weighted by Crippen LogP contribution is 2.31. The van der Waals surface area contributed by atoms with Gasteiger partial charge in [-0.2, -0.15) is 20.2 Å². The first-order valence-corrected chi connectivity index (χ1v) is 12.8. The Hall–Kier alpha value is -4.76. The third-order valence-corrected chi connectivity index (χ3v) is 6.84. The van der Waals surface area contributed by atoms with E-state index < -0.39 is 5.91 Å². The van der Waals surface area contributed by atoms with Crippen LogP contribution >= 0.6 is 11.8 Å². The number of para-hydroxylation sites is 1. The highest BCUT2D eigenvalue weighted by Gasteiger charge is 2.36. The lowest BCUT2D eigenvalue weighted by Crippen LogP contribution is -2.35. The van der Waals surface area contributed by atoms with E-state index in [0.29, 0.717) is 21.5 Å². The Bertz CT molecular complexity index is 1640. The lowest BCUT2D eigenvalue weighted by Gasteiger charge is -2.20. The van der Waals surface area contributed by atoms with Gasteiger partial charge in [0.05, 0.1) is 17.0 Å². The number of amidine groups is 2. The van der Waals surface area contributed by atoms with Crippen molar-refractivity contribution in [2.45, 2.75) is 6.92 Å². The smallest absolute Gasteiger partial charge is 0.283 e. The average molecular weight is 519 g/mol. The molecule has 0 spiro atoms. The van der Waals surface area contributed by atoms with Crippen LogP contribution in [0.15, 0.2) is 107 Å². The summed E-state index contributed by atoms with van der Waals surface area (Å²) >= 11 is 1.23. The number of rotatable bonds is 6. The van der Waals surface area contributed by atoms with Gasteiger partial charge < -0.3 is 4.74 Å². The van der Waals surface area contributed by atoms with E-state index in [2.05, 4.69) is 10.1 Å². The highest BCUT2D eigenvalue weighted by atomic mass is 32.2. The van der Waals surface area contributed by atoms with Gasteiger partial charge in [0.15, 0.2) is 5.84 Å². The number of benzene rings is 3. The summed E-state index contributed by atoms with van der Waals surface area (Å²) in [5, 5.41) is 20.4. The number of carbonyl (C=O) groups excluding carboxylic acids is 1. The number of nitrogens with one attached hydrogen (secondary N) is 1. The largest absolute Gasteiger partial charge is 0.487 e. The van der Waals surface area contributed by atoms with Crippen LogP contribution in [-0.2, 0) is 4.79 Å². The standard InChI is InChI=1S/C29H22N6O2S/c1-19-9-8-14-23(15-19)37-18-25-32-35-27(30)24(28(36)31-29(35)38-25)16-21-17-34(22-12-6-3-7-13-22)33-26(21)20-10-4-2-5-11-20/h2-17,30H,18H2,1H3/b24-16-,30-27?. The molecule has 8 nitrogen and oxygen atoms in total. The van der Waals surface area contributed by atoms with Gasteiger partial charge >= 0.3 is 0 Å². The number of amides is 1. The van der Waals surface area contributed by atoms with Gasteiger partial charge in [0.1, 0.15) is 17.4 Å². The van der Waals surface area contributed by atoms with Gasteiger partial charge in [0.2, 0.25) is 5.17 Å². The molecule has 3 aromatic carbocycles. The quantitative estimate of drug-likeness (QED) is 0.338. The Morgan fingerprint density at radius 1 is 1.00 bits per heavy atom. The molecule has 0 fully saturated rings. The number of carbonyl (C=O) groups is 1. The zero-order valence-electron chi connectivity index (χ0n) is 20.4. The van der Waals surface area contributed by atoms with Crippen molar-refractivity contribution >= 4 is 39.8 Å². The minimum atomic E-state index is -0.490. The van der Waals surface area contributed by atoms with Gasteiger partial charge in [-0.1, -0.05) is 60.7 Å². The summed E-state index contributed by atoms with van der Waals surface area (Å²) in [6, 6.07) is 27.2. The normalized spacial score (nSPS) is 15.9. The molecule has 186 valence electrons. The summed E-state index contributed by atoms with van der Waals surface area (Å²) in [4.78, 5) is 17.3. The van der Waals surface area contributed by atoms with Crippen LogP contribution in [0.2, 0.25) is 0 Å². The van der Waals surface area contributed by atoms with Gasteiger partial charge in [0.25, 0.3) is 5.91 Å². The number of nitrogens with zero attached hydrogens (tertiary/aromatic N) is 5. The first-order chi connectivity index (χ1) is 18.5. The van der Waals surface area contributed by atoms with Crippen LogP contribution in [0.4, 0.5) is 0 Å². The number of thioether (sulfide) groups is 1. The molecular weight excluding hydrogens is 496 g/mol. The van der Waals surface area contributed by atoms with Crippen molar-refractivity contribution in [1.29, 1.82) is 5.41 Å². The third kappa shape index (κ3) is 4.67. The molecule has 0 atom stereocenters. The highest BCUT2D eigenvalue weighted by molar-refractivity contribution is 8.27. The third-order valence-electron chi connectivity index (χ3n) is 5.96. The molecule has 38 heavy (non-hydrogen) atoms. The number of hydrazone groups is 1. The molecule has 6 rings (SSSR count). The molecule has 1 aromatic heterocycles. The molecule has 0 aliphatic carbocycles. The van der Waals surface area contributed by atoms with Crippen molar-refractivity contribution in [3.8, 4) is 22.7 Å². The molecule has 0 saturated carbocycles. The molecule has 4 aromatic rings. The number of hydrogen-bond acceptors (Lipinski definition) is 6. The molecule has 0 unspecified atom stereocenters. The van der Waals surface area contributed by atoms with Crippen LogP contribution in [-0.4, -0.2) is 43.4 Å². The van der Waals surface area contributed by atoms with Crippen LogP contribution in [0.25, 0.3) is 23.0 Å². The van der Waals surface area contributed by atoms with Crippen molar-refractivity contribution in [3.05, 3.63) is 108 Å². The number of aryl methyl sites for hydroxylation is 1. The minimum absolute atomic E-state index is 0.0375. The second-order valence-electron chi connectivity index (χ2n) is 8.70. The second-order valence-corrected chi connectivity index (χ2v) is 9.74. The zero-order chi connectivity index (χ0) is 26.1. The second kappa shape index (κ2) is 9.95. The molecule has 1 amide bonds. The van der Waals surface area contributed by atoms with Crippen LogP contribution in [0.3, 0.4) is 0 Å². The van der Waals surface area contributed by atoms with E-state index in [1.54, 1.807) is 10.8 Å². The average Bonchev–Trinajstić information content (AvgIpc) is 3.55. The minimum Gasteiger partial charge on any atom is -0.487 e. The maximum Gasteiger partial charge on any atom is 0.283 e. The Morgan fingerprint density at radius 3 is 2.53 bits per heavy atom. The number of hydrogen-bond donors (Lipinski definition) is 1. The predicted octanol–water partition coefficient (Wildman–Crippen LogP) is 5.55. The molecule has 0 bridgehead atoms. The lowest BCUT2D eigenvalue weighted by molar-refractivity contribution is -0.114. The Kier molecular flexibility index (Phi) is 6.19. The van der Waals surface area contributed by atoms with Gasteiger partial charge in [-0.15, -0.1) is 0 Å². The van der Waals surface area contributed by atoms with E-state index in [1.165, 1.54) is 16.8 Å². The van der Waals surface area contributed by atoms with Crippen molar-refractivity contribution < 1.29 is 9.53 Å². The Balaban J connectivity index is 1.31. The topological polar surface area (TPSA) is 95.9 Å². The van der Waals surface area contributed by atoms with Crippen LogP contribution in [0.5, 0.6) is 5.75 Å². The Morgan fingerprint density at radius 2 is 1.76 bits per heavy atom. The Labute approximate surface area is 223 Å². The van der Waals surface area contributed by atoms with Crippen molar-refractivity contribution in [1.82, 2.24) is 14.8 Å². The van der Waals surface area contributed by atoms with Crippen molar-refractivity contribution in [2.24, 2.45) is 10.1 Å². The van der Waals surface area contributed by atoms with E-state index >= 15 is 0 Å². The summed E-state index contributed by atoms with van der Waals surface area (Å²) in [5.41, 5.74) is 4.42. The van der Waals surface area contributed by atoms with Gasteiger partial charge in [-0.25, -0.2) is 4.68 Å². The molecule has 3 heterocycles. The fourth-order valence-corrected chi connectivity index (χ4v) is 4.92. The van der Waals surface area contributed by atoms with E-state index in [9.17, 15) is 4.79 Å². The number of fused-ring (bicyclic) bond motifs is 1. The monoisotopic (exact) mass is 518 g/mol.